The minimum atomic E-state index is -4.43. The van der Waals surface area contributed by atoms with Crippen molar-refractivity contribution < 1.29 is 57.4 Å². The molecule has 0 aromatic heterocycles. The van der Waals surface area contributed by atoms with Gasteiger partial charge in [0.05, 0.1) is 46.1 Å². The number of quaternary nitrogens is 1. The molecule has 0 saturated heterocycles. The Morgan fingerprint density at radius 3 is 1.82 bits per heavy atom. The van der Waals surface area contributed by atoms with Crippen LogP contribution in [0.2, 0.25) is 0 Å². The first-order valence-electron chi connectivity index (χ1n) is 22.7. The van der Waals surface area contributed by atoms with E-state index in [1.807, 2.05) is 27.2 Å². The van der Waals surface area contributed by atoms with Gasteiger partial charge in [-0.25, -0.2) is 4.57 Å². The molecule has 1 unspecified atom stereocenters. The number of unbranched alkanes of at least 4 members (excludes halogenated alkanes) is 17. The summed E-state index contributed by atoms with van der Waals surface area (Å²) in [5, 5.41) is 31.4. The SMILES string of the molecule is CCCCCCCCCCCCCCCC(=O)OC[C@H](COP(=O)(O)OCC[N+](C)(C)C)OC(=O)CCCCCC[C@@H]1[C@@H](/C=C/[C@@H](O)CCCCC)[C@H](O)C[C@@H]1O. The molecule has 0 spiro atoms. The van der Waals surface area contributed by atoms with Crippen LogP contribution in [-0.4, -0.2) is 109 Å². The van der Waals surface area contributed by atoms with Gasteiger partial charge in [-0.1, -0.05) is 142 Å². The zero-order chi connectivity index (χ0) is 42.4. The van der Waals surface area contributed by atoms with Gasteiger partial charge in [-0.3, -0.25) is 18.6 Å². The fourth-order valence-electron chi connectivity index (χ4n) is 7.29. The van der Waals surface area contributed by atoms with Gasteiger partial charge in [0.15, 0.2) is 6.10 Å². The molecule has 0 aromatic carbocycles. The molecule has 1 aliphatic rings. The average Bonchev–Trinajstić information content (AvgIpc) is 3.41. The summed E-state index contributed by atoms with van der Waals surface area (Å²) in [5.41, 5.74) is 0. The standard InChI is InChI=1S/C44H84NO11P/c1-6-8-10-11-12-13-14-15-16-17-18-19-24-28-43(49)53-35-38(36-55-57(51,52)54-33-32-45(3,4)5)56-44(50)29-25-21-20-23-27-39-40(42(48)34-41(39)47)31-30-37(46)26-22-9-7-2/h30-31,37-42,46-48H,6-29,32-36H2,1-5H3/p+1/b31-30+/t37-,38+,39+,40+,41-,42+/m0/s1. The highest BCUT2D eigenvalue weighted by atomic mass is 31.2. The molecule has 0 aliphatic heterocycles. The molecule has 1 saturated carbocycles. The number of nitrogens with zero attached hydrogens (tertiary/aromatic N) is 1. The van der Waals surface area contributed by atoms with Crippen molar-refractivity contribution in [3.8, 4) is 0 Å². The second-order valence-corrected chi connectivity index (χ2v) is 18.9. The molecular formula is C44H85NO11P+. The smallest absolute Gasteiger partial charge is 0.462 e. The van der Waals surface area contributed by atoms with Crippen molar-refractivity contribution in [3.63, 3.8) is 0 Å². The van der Waals surface area contributed by atoms with Crippen LogP contribution in [0.25, 0.3) is 0 Å². The fourth-order valence-corrected chi connectivity index (χ4v) is 8.03. The normalized spacial score (nSPS) is 20.8. The Balaban J connectivity index is 2.48. The Bertz CT molecular complexity index is 1100. The lowest BCUT2D eigenvalue weighted by Crippen LogP contribution is -2.37. The van der Waals surface area contributed by atoms with Gasteiger partial charge in [0.25, 0.3) is 0 Å². The number of phosphoric ester groups is 1. The summed E-state index contributed by atoms with van der Waals surface area (Å²) in [5.74, 6) is -1.22. The maximum absolute atomic E-state index is 12.8. The van der Waals surface area contributed by atoms with Crippen molar-refractivity contribution in [2.75, 3.05) is 47.5 Å². The molecular weight excluding hydrogens is 749 g/mol. The predicted molar refractivity (Wildman–Crippen MR) is 226 cm³/mol. The Labute approximate surface area is 346 Å². The number of esters is 2. The zero-order valence-electron chi connectivity index (χ0n) is 36.7. The summed E-state index contributed by atoms with van der Waals surface area (Å²) in [6.45, 7) is 4.09. The van der Waals surface area contributed by atoms with Crippen molar-refractivity contribution in [1.29, 1.82) is 0 Å². The number of ether oxygens (including phenoxy) is 2. The van der Waals surface area contributed by atoms with E-state index in [2.05, 4.69) is 13.8 Å². The number of carbonyl (C=O) groups excluding carboxylic acids is 2. The van der Waals surface area contributed by atoms with Gasteiger partial charge in [0.1, 0.15) is 19.8 Å². The molecule has 1 aliphatic carbocycles. The quantitative estimate of drug-likeness (QED) is 0.0155. The van der Waals surface area contributed by atoms with Crippen LogP contribution in [0.1, 0.15) is 174 Å². The Hall–Kier alpha value is -1.37. The molecule has 0 bridgehead atoms. The molecule has 0 amide bonds. The maximum atomic E-state index is 12.8. The third-order valence-electron chi connectivity index (χ3n) is 10.9. The van der Waals surface area contributed by atoms with Crippen molar-refractivity contribution in [2.24, 2.45) is 11.8 Å². The van der Waals surface area contributed by atoms with Crippen molar-refractivity contribution >= 4 is 19.8 Å². The molecule has 1 fully saturated rings. The van der Waals surface area contributed by atoms with E-state index < -0.39 is 50.8 Å². The van der Waals surface area contributed by atoms with Crippen molar-refractivity contribution in [1.82, 2.24) is 0 Å². The molecule has 0 heterocycles. The Kier molecular flexibility index (Phi) is 30.5. The van der Waals surface area contributed by atoms with Crippen LogP contribution < -0.4 is 0 Å². The van der Waals surface area contributed by atoms with Gasteiger partial charge in [-0.15, -0.1) is 0 Å². The number of aliphatic hydroxyl groups excluding tert-OH is 3. The van der Waals surface area contributed by atoms with Crippen LogP contribution in [0.5, 0.6) is 0 Å². The number of hydrogen-bond donors (Lipinski definition) is 4. The van der Waals surface area contributed by atoms with Crippen molar-refractivity contribution in [3.05, 3.63) is 12.2 Å². The highest BCUT2D eigenvalue weighted by Crippen LogP contribution is 2.43. The largest absolute Gasteiger partial charge is 0.472 e. The third-order valence-corrected chi connectivity index (χ3v) is 11.9. The Morgan fingerprint density at radius 2 is 1.25 bits per heavy atom. The van der Waals surface area contributed by atoms with Gasteiger partial charge >= 0.3 is 19.8 Å². The minimum Gasteiger partial charge on any atom is -0.462 e. The summed E-state index contributed by atoms with van der Waals surface area (Å²) >= 11 is 0. The third kappa shape index (κ3) is 29.5. The molecule has 0 aromatic rings. The fraction of sp³-hybridized carbons (Fsp3) is 0.909. The van der Waals surface area contributed by atoms with E-state index in [0.29, 0.717) is 36.7 Å². The second kappa shape index (κ2) is 32.4. The van der Waals surface area contributed by atoms with Crippen LogP contribution in [0.3, 0.4) is 0 Å². The Morgan fingerprint density at radius 1 is 0.719 bits per heavy atom. The molecule has 1 rings (SSSR count). The number of phosphoric acid groups is 1. The van der Waals surface area contributed by atoms with Crippen LogP contribution in [0.4, 0.5) is 0 Å². The highest BCUT2D eigenvalue weighted by molar-refractivity contribution is 7.47. The average molecular weight is 835 g/mol. The van der Waals surface area contributed by atoms with E-state index in [4.69, 9.17) is 18.5 Å². The van der Waals surface area contributed by atoms with Crippen LogP contribution in [0, 0.1) is 11.8 Å². The zero-order valence-corrected chi connectivity index (χ0v) is 37.6. The van der Waals surface area contributed by atoms with Crippen LogP contribution in [-0.2, 0) is 32.7 Å². The van der Waals surface area contributed by atoms with Gasteiger partial charge in [-0.2, -0.15) is 0 Å². The molecule has 12 nitrogen and oxygen atoms in total. The number of carbonyl (C=O) groups is 2. The molecule has 0 radical (unpaired) electrons. The summed E-state index contributed by atoms with van der Waals surface area (Å²) in [4.78, 5) is 35.6. The van der Waals surface area contributed by atoms with Gasteiger partial charge in [0.2, 0.25) is 0 Å². The first kappa shape index (κ1) is 53.6. The molecule has 13 heteroatoms. The summed E-state index contributed by atoms with van der Waals surface area (Å²) in [6, 6.07) is 0. The van der Waals surface area contributed by atoms with E-state index in [-0.39, 0.29) is 37.9 Å². The van der Waals surface area contributed by atoms with E-state index in [9.17, 15) is 34.4 Å². The highest BCUT2D eigenvalue weighted by Gasteiger charge is 2.39. The minimum absolute atomic E-state index is 0.00423. The van der Waals surface area contributed by atoms with E-state index >= 15 is 0 Å². The van der Waals surface area contributed by atoms with E-state index in [1.165, 1.54) is 57.8 Å². The molecule has 336 valence electrons. The number of likely N-dealkylation sites (N-methyl/N-ethyl adjacent to an activating group) is 1. The number of aliphatic hydroxyl groups is 3. The first-order chi connectivity index (χ1) is 27.2. The lowest BCUT2D eigenvalue weighted by Gasteiger charge is -2.24. The predicted octanol–water partition coefficient (Wildman–Crippen LogP) is 8.96. The molecule has 57 heavy (non-hydrogen) atoms. The maximum Gasteiger partial charge on any atom is 0.472 e. The monoisotopic (exact) mass is 835 g/mol. The topological polar surface area (TPSA) is 169 Å². The van der Waals surface area contributed by atoms with E-state index in [0.717, 1.165) is 64.2 Å². The summed E-state index contributed by atoms with van der Waals surface area (Å²) in [6.07, 6.45) is 24.6. The van der Waals surface area contributed by atoms with Gasteiger partial charge in [0, 0.05) is 25.2 Å². The number of hydrogen-bond acceptors (Lipinski definition) is 10. The first-order valence-corrected chi connectivity index (χ1v) is 24.2. The van der Waals surface area contributed by atoms with Crippen LogP contribution in [0.15, 0.2) is 12.2 Å². The van der Waals surface area contributed by atoms with Crippen LogP contribution >= 0.6 is 7.82 Å². The molecule has 4 N–H and O–H groups in total. The van der Waals surface area contributed by atoms with Crippen molar-refractivity contribution in [2.45, 2.75) is 199 Å². The van der Waals surface area contributed by atoms with Gasteiger partial charge < -0.3 is 34.2 Å². The summed E-state index contributed by atoms with van der Waals surface area (Å²) in [7, 11) is 1.35. The summed E-state index contributed by atoms with van der Waals surface area (Å²) < 4.78 is 34.3. The lowest BCUT2D eigenvalue weighted by atomic mass is 9.88. The van der Waals surface area contributed by atoms with E-state index in [1.54, 1.807) is 6.08 Å². The second-order valence-electron chi connectivity index (χ2n) is 17.4. The van der Waals surface area contributed by atoms with Gasteiger partial charge in [-0.05, 0) is 31.6 Å². The molecule has 7 atom stereocenters. The lowest BCUT2D eigenvalue weighted by molar-refractivity contribution is -0.870. The number of rotatable bonds is 37.